The molecule has 0 aromatic rings. The third kappa shape index (κ3) is 2.46. The van der Waals surface area contributed by atoms with Crippen LogP contribution < -0.4 is 5.32 Å². The summed E-state index contributed by atoms with van der Waals surface area (Å²) in [6.07, 6.45) is 1.31. The van der Waals surface area contributed by atoms with E-state index in [9.17, 15) is 0 Å². The predicted molar refractivity (Wildman–Crippen MR) is 48.7 cm³/mol. The molecule has 2 heteroatoms. The van der Waals surface area contributed by atoms with Crippen molar-refractivity contribution in [2.24, 2.45) is 5.41 Å². The van der Waals surface area contributed by atoms with Gasteiger partial charge in [0.25, 0.3) is 0 Å². The van der Waals surface area contributed by atoms with Gasteiger partial charge in [0.2, 0.25) is 0 Å². The normalized spacial score (nSPS) is 38.5. The molecule has 0 bridgehead atoms. The van der Waals surface area contributed by atoms with Crippen molar-refractivity contribution in [2.45, 2.75) is 26.3 Å². The molecular weight excluding hydrogens is 136 g/mol. The summed E-state index contributed by atoms with van der Waals surface area (Å²) in [5.41, 5.74) is 0.503. The van der Waals surface area contributed by atoms with Gasteiger partial charge in [0.15, 0.2) is 0 Å². The number of nitrogens with one attached hydrogen (secondary N) is 1. The smallest absolute Gasteiger partial charge is 0.00451 e. The molecule has 1 fully saturated rings. The Morgan fingerprint density at radius 3 is 2.55 bits per heavy atom. The maximum absolute atomic E-state index is 3.49. The number of nitrogens with zero attached hydrogens (tertiary/aromatic N) is 1. The summed E-state index contributed by atoms with van der Waals surface area (Å²) in [6.45, 7) is 7.00. The summed E-state index contributed by atoms with van der Waals surface area (Å²) < 4.78 is 0. The van der Waals surface area contributed by atoms with Crippen molar-refractivity contribution in [1.29, 1.82) is 0 Å². The monoisotopic (exact) mass is 156 g/mol. The highest BCUT2D eigenvalue weighted by atomic mass is 15.1. The fraction of sp³-hybridized carbons (Fsp3) is 1.00. The Kier molecular flexibility index (Phi) is 2.55. The van der Waals surface area contributed by atoms with Gasteiger partial charge in [-0.3, -0.25) is 0 Å². The summed E-state index contributed by atoms with van der Waals surface area (Å²) in [5.74, 6) is 0. The second kappa shape index (κ2) is 3.11. The second-order valence-corrected chi connectivity index (χ2v) is 4.53. The quantitative estimate of drug-likeness (QED) is 0.640. The van der Waals surface area contributed by atoms with Gasteiger partial charge in [0.05, 0.1) is 0 Å². The first kappa shape index (κ1) is 9.01. The molecule has 66 valence electrons. The van der Waals surface area contributed by atoms with Crippen molar-refractivity contribution in [3.63, 3.8) is 0 Å². The Morgan fingerprint density at radius 2 is 2.18 bits per heavy atom. The van der Waals surface area contributed by atoms with Gasteiger partial charge < -0.3 is 10.2 Å². The third-order valence-electron chi connectivity index (χ3n) is 2.37. The fourth-order valence-corrected chi connectivity index (χ4v) is 2.19. The van der Waals surface area contributed by atoms with Crippen LogP contribution in [0, 0.1) is 5.41 Å². The van der Waals surface area contributed by atoms with Crippen molar-refractivity contribution in [3.8, 4) is 0 Å². The summed E-state index contributed by atoms with van der Waals surface area (Å²) >= 11 is 0. The van der Waals surface area contributed by atoms with E-state index in [1.807, 2.05) is 0 Å². The molecule has 2 unspecified atom stereocenters. The largest absolute Gasteiger partial charge is 0.314 e. The van der Waals surface area contributed by atoms with E-state index >= 15 is 0 Å². The molecule has 1 heterocycles. The molecule has 11 heavy (non-hydrogen) atoms. The molecular formula is C9H20N2. The van der Waals surface area contributed by atoms with Gasteiger partial charge >= 0.3 is 0 Å². The highest BCUT2D eigenvalue weighted by Crippen LogP contribution is 2.28. The highest BCUT2D eigenvalue weighted by Gasteiger charge is 2.32. The topological polar surface area (TPSA) is 15.3 Å². The van der Waals surface area contributed by atoms with E-state index in [0.29, 0.717) is 11.5 Å². The number of rotatable bonds is 2. The van der Waals surface area contributed by atoms with Crippen molar-refractivity contribution in [2.75, 3.05) is 27.2 Å². The molecule has 0 aromatic heterocycles. The summed E-state index contributed by atoms with van der Waals surface area (Å²) in [6, 6.07) is 0.708. The zero-order valence-corrected chi connectivity index (χ0v) is 8.15. The summed E-state index contributed by atoms with van der Waals surface area (Å²) in [4.78, 5) is 2.28. The van der Waals surface area contributed by atoms with Crippen LogP contribution in [0.5, 0.6) is 0 Å². The maximum Gasteiger partial charge on any atom is 0.00451 e. The van der Waals surface area contributed by atoms with Crippen molar-refractivity contribution in [1.82, 2.24) is 10.2 Å². The standard InChI is InChI=1S/C9H20N2/c1-8-5-9(2,6-10-8)7-11(3)4/h8,10H,5-7H2,1-4H3. The molecule has 2 atom stereocenters. The lowest BCUT2D eigenvalue weighted by molar-refractivity contribution is 0.237. The van der Waals surface area contributed by atoms with Crippen molar-refractivity contribution in [3.05, 3.63) is 0 Å². The molecule has 1 saturated heterocycles. The van der Waals surface area contributed by atoms with Crippen LogP contribution in [-0.4, -0.2) is 38.1 Å². The molecule has 2 nitrogen and oxygen atoms in total. The zero-order chi connectivity index (χ0) is 8.48. The summed E-state index contributed by atoms with van der Waals surface area (Å²) in [7, 11) is 4.29. The molecule has 1 rings (SSSR count). The SMILES string of the molecule is CC1CC(C)(CN(C)C)CN1. The van der Waals surface area contributed by atoms with Gasteiger partial charge in [0.1, 0.15) is 0 Å². The second-order valence-electron chi connectivity index (χ2n) is 4.53. The third-order valence-corrected chi connectivity index (χ3v) is 2.37. The Labute approximate surface area is 70.0 Å². The van der Waals surface area contributed by atoms with Crippen LogP contribution in [0.4, 0.5) is 0 Å². The van der Waals surface area contributed by atoms with Crippen molar-refractivity contribution < 1.29 is 0 Å². The predicted octanol–water partition coefficient (Wildman–Crippen LogP) is 0.936. The van der Waals surface area contributed by atoms with Gasteiger partial charge in [-0.05, 0) is 32.9 Å². The Bertz CT molecular complexity index is 134. The maximum atomic E-state index is 3.49. The van der Waals surface area contributed by atoms with Gasteiger partial charge in [-0.15, -0.1) is 0 Å². The lowest BCUT2D eigenvalue weighted by atomic mass is 9.88. The number of hydrogen-bond donors (Lipinski definition) is 1. The minimum Gasteiger partial charge on any atom is -0.314 e. The van der Waals surface area contributed by atoms with E-state index in [1.165, 1.54) is 19.5 Å². The number of hydrogen-bond acceptors (Lipinski definition) is 2. The van der Waals surface area contributed by atoms with Crippen LogP contribution in [-0.2, 0) is 0 Å². The molecule has 0 spiro atoms. The van der Waals surface area contributed by atoms with Crippen LogP contribution in [0.2, 0.25) is 0 Å². The molecule has 0 aromatic carbocycles. The molecule has 0 amide bonds. The Morgan fingerprint density at radius 1 is 1.55 bits per heavy atom. The van der Waals surface area contributed by atoms with E-state index < -0.39 is 0 Å². The zero-order valence-electron chi connectivity index (χ0n) is 8.15. The fourth-order valence-electron chi connectivity index (χ4n) is 2.19. The Hall–Kier alpha value is -0.0800. The molecule has 0 aliphatic carbocycles. The van der Waals surface area contributed by atoms with Crippen LogP contribution in [0.3, 0.4) is 0 Å². The minimum absolute atomic E-state index is 0.503. The molecule has 0 radical (unpaired) electrons. The average molecular weight is 156 g/mol. The van der Waals surface area contributed by atoms with Crippen molar-refractivity contribution >= 4 is 0 Å². The van der Waals surface area contributed by atoms with E-state index in [-0.39, 0.29) is 0 Å². The lowest BCUT2D eigenvalue weighted by Gasteiger charge is -2.26. The molecule has 1 aliphatic rings. The van der Waals surface area contributed by atoms with E-state index in [2.05, 4.69) is 38.2 Å². The molecule has 1 N–H and O–H groups in total. The van der Waals surface area contributed by atoms with Crippen LogP contribution in [0.1, 0.15) is 20.3 Å². The summed E-state index contributed by atoms with van der Waals surface area (Å²) in [5, 5.41) is 3.49. The highest BCUT2D eigenvalue weighted by molar-refractivity contribution is 4.89. The molecule has 1 aliphatic heterocycles. The minimum atomic E-state index is 0.503. The first-order valence-corrected chi connectivity index (χ1v) is 4.40. The lowest BCUT2D eigenvalue weighted by Crippen LogP contribution is -2.32. The first-order valence-electron chi connectivity index (χ1n) is 4.40. The van der Waals surface area contributed by atoms with Crippen LogP contribution in [0.25, 0.3) is 0 Å². The van der Waals surface area contributed by atoms with Gasteiger partial charge in [-0.25, -0.2) is 0 Å². The van der Waals surface area contributed by atoms with Gasteiger partial charge in [0, 0.05) is 19.1 Å². The van der Waals surface area contributed by atoms with E-state index in [4.69, 9.17) is 0 Å². The molecule has 0 saturated carbocycles. The van der Waals surface area contributed by atoms with E-state index in [1.54, 1.807) is 0 Å². The van der Waals surface area contributed by atoms with Gasteiger partial charge in [-0.2, -0.15) is 0 Å². The van der Waals surface area contributed by atoms with Crippen LogP contribution >= 0.6 is 0 Å². The van der Waals surface area contributed by atoms with Crippen LogP contribution in [0.15, 0.2) is 0 Å². The van der Waals surface area contributed by atoms with Gasteiger partial charge in [-0.1, -0.05) is 6.92 Å². The average Bonchev–Trinajstić information content (AvgIpc) is 2.08. The Balaban J connectivity index is 2.42. The van der Waals surface area contributed by atoms with E-state index in [0.717, 1.165) is 0 Å². The first-order chi connectivity index (χ1) is 5.02.